The van der Waals surface area contributed by atoms with E-state index in [1.807, 2.05) is 0 Å². The van der Waals surface area contributed by atoms with Crippen LogP contribution in [0.5, 0.6) is 0 Å². The minimum Gasteiger partial charge on any atom is -0.265 e. The number of hydrogen-bond donors (Lipinski definition) is 0. The van der Waals surface area contributed by atoms with E-state index < -0.39 is 0 Å². The molecule has 1 aliphatic heterocycles. The van der Waals surface area contributed by atoms with E-state index in [1.54, 1.807) is 5.57 Å². The van der Waals surface area contributed by atoms with Gasteiger partial charge in [-0.15, -0.1) is 0 Å². The topological polar surface area (TPSA) is 12.4 Å². The van der Waals surface area contributed by atoms with Gasteiger partial charge in [0.25, 0.3) is 0 Å². The summed E-state index contributed by atoms with van der Waals surface area (Å²) in [5.41, 5.74) is 3.02. The SMILES string of the molecule is CC(C)C1=NC=C2CCCC21. The molecule has 0 radical (unpaired) electrons. The van der Waals surface area contributed by atoms with Crippen molar-refractivity contribution in [1.29, 1.82) is 0 Å². The Balaban J connectivity index is 2.18. The van der Waals surface area contributed by atoms with E-state index >= 15 is 0 Å². The molecule has 0 aromatic carbocycles. The normalized spacial score (nSPS) is 28.8. The van der Waals surface area contributed by atoms with Crippen LogP contribution < -0.4 is 0 Å². The van der Waals surface area contributed by atoms with Crippen molar-refractivity contribution in [2.75, 3.05) is 0 Å². The lowest BCUT2D eigenvalue weighted by Crippen LogP contribution is -2.15. The highest BCUT2D eigenvalue weighted by molar-refractivity contribution is 5.93. The second-order valence-electron chi connectivity index (χ2n) is 3.86. The molecule has 1 heteroatoms. The summed E-state index contributed by atoms with van der Waals surface area (Å²) >= 11 is 0. The van der Waals surface area contributed by atoms with Crippen molar-refractivity contribution >= 4 is 5.71 Å². The van der Waals surface area contributed by atoms with Crippen molar-refractivity contribution in [3.05, 3.63) is 11.8 Å². The zero-order valence-electron chi connectivity index (χ0n) is 7.30. The summed E-state index contributed by atoms with van der Waals surface area (Å²) in [6.45, 7) is 4.49. The number of hydrogen-bond acceptors (Lipinski definition) is 1. The minimum atomic E-state index is 0.645. The molecule has 60 valence electrons. The highest BCUT2D eigenvalue weighted by Gasteiger charge is 2.30. The van der Waals surface area contributed by atoms with Crippen LogP contribution in [-0.4, -0.2) is 5.71 Å². The minimum absolute atomic E-state index is 0.645. The number of nitrogens with zero attached hydrogens (tertiary/aromatic N) is 1. The summed E-state index contributed by atoms with van der Waals surface area (Å²) in [4.78, 5) is 4.47. The summed E-state index contributed by atoms with van der Waals surface area (Å²) in [6, 6.07) is 0. The lowest BCUT2D eigenvalue weighted by Gasteiger charge is -2.12. The fourth-order valence-electron chi connectivity index (χ4n) is 2.16. The average molecular weight is 149 g/mol. The van der Waals surface area contributed by atoms with Gasteiger partial charge in [0.15, 0.2) is 0 Å². The molecule has 1 saturated carbocycles. The average Bonchev–Trinajstić information content (AvgIpc) is 2.41. The van der Waals surface area contributed by atoms with Crippen LogP contribution in [-0.2, 0) is 0 Å². The zero-order chi connectivity index (χ0) is 7.84. The molecule has 1 heterocycles. The van der Waals surface area contributed by atoms with Gasteiger partial charge in [0.2, 0.25) is 0 Å². The Morgan fingerprint density at radius 2 is 2.36 bits per heavy atom. The maximum Gasteiger partial charge on any atom is 0.0276 e. The van der Waals surface area contributed by atoms with Gasteiger partial charge in [-0.3, -0.25) is 4.99 Å². The lowest BCUT2D eigenvalue weighted by molar-refractivity contribution is 0.745. The second-order valence-corrected chi connectivity index (χ2v) is 3.86. The van der Waals surface area contributed by atoms with Crippen molar-refractivity contribution in [2.45, 2.75) is 33.1 Å². The molecule has 11 heavy (non-hydrogen) atoms. The smallest absolute Gasteiger partial charge is 0.0276 e. The van der Waals surface area contributed by atoms with Crippen LogP contribution >= 0.6 is 0 Å². The third-order valence-corrected chi connectivity index (χ3v) is 2.73. The molecule has 0 bridgehead atoms. The maximum absolute atomic E-state index is 4.47. The van der Waals surface area contributed by atoms with Crippen LogP contribution in [0.2, 0.25) is 0 Å². The fourth-order valence-corrected chi connectivity index (χ4v) is 2.16. The molecule has 2 aliphatic rings. The largest absolute Gasteiger partial charge is 0.265 e. The molecule has 2 rings (SSSR count). The van der Waals surface area contributed by atoms with E-state index in [9.17, 15) is 0 Å². The summed E-state index contributed by atoms with van der Waals surface area (Å²) in [6.07, 6.45) is 6.13. The van der Waals surface area contributed by atoms with Gasteiger partial charge in [-0.2, -0.15) is 0 Å². The Kier molecular flexibility index (Phi) is 1.59. The van der Waals surface area contributed by atoms with Crippen LogP contribution in [0.3, 0.4) is 0 Å². The molecule has 0 aromatic rings. The molecule has 0 N–H and O–H groups in total. The van der Waals surface area contributed by atoms with Crippen LogP contribution in [0.1, 0.15) is 33.1 Å². The fraction of sp³-hybridized carbons (Fsp3) is 0.700. The molecule has 1 unspecified atom stereocenters. The first-order chi connectivity index (χ1) is 5.29. The van der Waals surface area contributed by atoms with Gasteiger partial charge in [-0.05, 0) is 30.8 Å². The lowest BCUT2D eigenvalue weighted by atomic mass is 9.92. The van der Waals surface area contributed by atoms with E-state index in [-0.39, 0.29) is 0 Å². The third-order valence-electron chi connectivity index (χ3n) is 2.73. The molecular formula is C10H15N. The van der Waals surface area contributed by atoms with Crippen LogP contribution in [0.25, 0.3) is 0 Å². The third kappa shape index (κ3) is 1.03. The Hall–Kier alpha value is -0.590. The second kappa shape index (κ2) is 2.47. The molecular weight excluding hydrogens is 134 g/mol. The Labute approximate surface area is 68.2 Å². The van der Waals surface area contributed by atoms with E-state index in [1.165, 1.54) is 25.0 Å². The summed E-state index contributed by atoms with van der Waals surface area (Å²) in [7, 11) is 0. The highest BCUT2D eigenvalue weighted by Crippen LogP contribution is 2.37. The molecule has 1 nitrogen and oxygen atoms in total. The molecule has 0 aromatic heterocycles. The molecule has 1 atom stereocenters. The van der Waals surface area contributed by atoms with Crippen LogP contribution in [0, 0.1) is 11.8 Å². The van der Waals surface area contributed by atoms with Crippen molar-refractivity contribution in [3.8, 4) is 0 Å². The summed E-state index contributed by atoms with van der Waals surface area (Å²) in [5.74, 6) is 1.39. The Morgan fingerprint density at radius 3 is 3.09 bits per heavy atom. The van der Waals surface area contributed by atoms with Crippen LogP contribution in [0.4, 0.5) is 0 Å². The maximum atomic E-state index is 4.47. The monoisotopic (exact) mass is 149 g/mol. The number of fused-ring (bicyclic) bond motifs is 1. The van der Waals surface area contributed by atoms with E-state index in [0.717, 1.165) is 5.92 Å². The van der Waals surface area contributed by atoms with E-state index in [2.05, 4.69) is 25.0 Å². The highest BCUT2D eigenvalue weighted by atomic mass is 14.8. The first-order valence-corrected chi connectivity index (χ1v) is 4.55. The molecule has 1 fully saturated rings. The van der Waals surface area contributed by atoms with Crippen molar-refractivity contribution < 1.29 is 0 Å². The van der Waals surface area contributed by atoms with Gasteiger partial charge in [0.1, 0.15) is 0 Å². The van der Waals surface area contributed by atoms with Gasteiger partial charge in [-0.25, -0.2) is 0 Å². The number of aliphatic imine (C=N–C) groups is 1. The van der Waals surface area contributed by atoms with E-state index in [4.69, 9.17) is 0 Å². The molecule has 1 aliphatic carbocycles. The van der Waals surface area contributed by atoms with Crippen molar-refractivity contribution in [2.24, 2.45) is 16.8 Å². The predicted molar refractivity (Wildman–Crippen MR) is 47.7 cm³/mol. The molecule has 0 saturated heterocycles. The van der Waals surface area contributed by atoms with Gasteiger partial charge >= 0.3 is 0 Å². The first-order valence-electron chi connectivity index (χ1n) is 4.55. The molecule has 0 amide bonds. The number of allylic oxidation sites excluding steroid dienone is 1. The summed E-state index contributed by atoms with van der Waals surface area (Å²) in [5, 5.41) is 0. The van der Waals surface area contributed by atoms with Crippen LogP contribution in [0.15, 0.2) is 16.8 Å². The van der Waals surface area contributed by atoms with E-state index in [0.29, 0.717) is 5.92 Å². The van der Waals surface area contributed by atoms with Gasteiger partial charge in [-0.1, -0.05) is 13.8 Å². The summed E-state index contributed by atoms with van der Waals surface area (Å²) < 4.78 is 0. The number of rotatable bonds is 1. The van der Waals surface area contributed by atoms with Crippen molar-refractivity contribution in [3.63, 3.8) is 0 Å². The predicted octanol–water partition coefficient (Wildman–Crippen LogP) is 2.78. The van der Waals surface area contributed by atoms with Gasteiger partial charge < -0.3 is 0 Å². The quantitative estimate of drug-likeness (QED) is 0.543. The molecule has 0 spiro atoms. The Morgan fingerprint density at radius 1 is 1.55 bits per heavy atom. The van der Waals surface area contributed by atoms with Gasteiger partial charge in [0.05, 0.1) is 0 Å². The standard InChI is InChI=1S/C10H15N/c1-7(2)10-9-5-3-4-8(9)6-11-10/h6-7,9H,3-5H2,1-2H3. The first kappa shape index (κ1) is 7.08. The zero-order valence-corrected chi connectivity index (χ0v) is 7.30. The van der Waals surface area contributed by atoms with Crippen molar-refractivity contribution in [1.82, 2.24) is 0 Å². The van der Waals surface area contributed by atoms with Gasteiger partial charge in [0, 0.05) is 17.8 Å². The Bertz CT molecular complexity index is 223.